The van der Waals surface area contributed by atoms with Crippen LogP contribution in [0.2, 0.25) is 0 Å². The summed E-state index contributed by atoms with van der Waals surface area (Å²) in [4.78, 5) is 59.2. The van der Waals surface area contributed by atoms with Gasteiger partial charge in [0.15, 0.2) is 5.69 Å². The molecular weight excluding hydrogens is 352 g/mol. The van der Waals surface area contributed by atoms with E-state index in [0.29, 0.717) is 23.8 Å². The Hall–Kier alpha value is -3.75. The van der Waals surface area contributed by atoms with Gasteiger partial charge < -0.3 is 15.1 Å². The van der Waals surface area contributed by atoms with Crippen LogP contribution in [-0.4, -0.2) is 53.4 Å². The summed E-state index contributed by atoms with van der Waals surface area (Å²) in [6.07, 6.45) is 1.40. The number of hydrogen-bond donors (Lipinski definition) is 1. The molecule has 2 aromatic rings. The second kappa shape index (κ2) is 6.52. The Labute approximate surface area is 153 Å². The molecule has 136 valence electrons. The zero-order valence-corrected chi connectivity index (χ0v) is 14.0. The molecule has 1 N–H and O–H groups in total. The summed E-state index contributed by atoms with van der Waals surface area (Å²) in [5, 5.41) is 3.16. The van der Waals surface area contributed by atoms with E-state index in [1.54, 1.807) is 23.1 Å². The molecule has 0 radical (unpaired) electrons. The summed E-state index contributed by atoms with van der Waals surface area (Å²) < 4.78 is 0. The quantitative estimate of drug-likeness (QED) is 0.783. The van der Waals surface area contributed by atoms with Gasteiger partial charge >= 0.3 is 5.97 Å². The van der Waals surface area contributed by atoms with E-state index in [-0.39, 0.29) is 29.3 Å². The first kappa shape index (κ1) is 16.7. The fraction of sp³-hybridized carbons (Fsp3) is 0.167. The number of carbonyl (C=O) groups excluding carboxylic acids is 4. The number of amides is 3. The Morgan fingerprint density at radius 1 is 1.07 bits per heavy atom. The van der Waals surface area contributed by atoms with Crippen molar-refractivity contribution in [2.45, 2.75) is 0 Å². The lowest BCUT2D eigenvalue weighted by Crippen LogP contribution is -2.47. The number of hydrogen-bond acceptors (Lipinski definition) is 7. The highest BCUT2D eigenvalue weighted by molar-refractivity contribution is 6.21. The van der Waals surface area contributed by atoms with Gasteiger partial charge in [-0.05, 0) is 24.3 Å². The first-order chi connectivity index (χ1) is 13.0. The largest absolute Gasteiger partial charge is 0.382 e. The normalized spacial score (nSPS) is 16.2. The van der Waals surface area contributed by atoms with Crippen LogP contribution >= 0.6 is 0 Å². The van der Waals surface area contributed by atoms with E-state index in [1.165, 1.54) is 24.4 Å². The number of nitrogens with one attached hydrogen (secondary N) is 1. The van der Waals surface area contributed by atoms with Crippen molar-refractivity contribution in [3.8, 4) is 0 Å². The van der Waals surface area contributed by atoms with E-state index in [0.717, 1.165) is 0 Å². The Bertz CT molecular complexity index is 939. The highest BCUT2D eigenvalue weighted by Gasteiger charge is 2.39. The number of anilines is 1. The summed E-state index contributed by atoms with van der Waals surface area (Å²) in [6, 6.07) is 9.34. The van der Waals surface area contributed by atoms with Crippen LogP contribution in [0.15, 0.2) is 42.6 Å². The van der Waals surface area contributed by atoms with Crippen molar-refractivity contribution in [2.75, 3.05) is 24.5 Å². The van der Waals surface area contributed by atoms with Crippen LogP contribution in [0, 0.1) is 0 Å². The van der Waals surface area contributed by atoms with E-state index in [4.69, 9.17) is 4.84 Å². The second-order valence-electron chi connectivity index (χ2n) is 6.00. The number of rotatable bonds is 3. The average Bonchev–Trinajstić information content (AvgIpc) is 2.93. The predicted molar refractivity (Wildman–Crippen MR) is 91.8 cm³/mol. The van der Waals surface area contributed by atoms with Gasteiger partial charge in [-0.1, -0.05) is 17.2 Å². The number of fused-ring (bicyclic) bond motifs is 1. The molecule has 0 atom stereocenters. The number of imide groups is 1. The Morgan fingerprint density at radius 3 is 2.44 bits per heavy atom. The van der Waals surface area contributed by atoms with Gasteiger partial charge in [-0.25, -0.2) is 9.78 Å². The fourth-order valence-corrected chi connectivity index (χ4v) is 2.97. The Morgan fingerprint density at radius 2 is 1.78 bits per heavy atom. The molecule has 0 saturated carbocycles. The number of pyridine rings is 1. The van der Waals surface area contributed by atoms with Crippen LogP contribution in [0.5, 0.6) is 0 Å². The Kier molecular flexibility index (Phi) is 4.03. The smallest absolute Gasteiger partial charge is 0.360 e. The van der Waals surface area contributed by atoms with Gasteiger partial charge in [0.05, 0.1) is 17.7 Å². The lowest BCUT2D eigenvalue weighted by atomic mass is 10.1. The topological polar surface area (TPSA) is 109 Å². The maximum absolute atomic E-state index is 12.4. The summed E-state index contributed by atoms with van der Waals surface area (Å²) >= 11 is 0. The monoisotopic (exact) mass is 366 g/mol. The minimum Gasteiger partial charge on any atom is -0.360 e. The van der Waals surface area contributed by atoms with Crippen LogP contribution < -0.4 is 10.2 Å². The first-order valence-corrected chi connectivity index (χ1v) is 8.22. The van der Waals surface area contributed by atoms with Crippen molar-refractivity contribution in [3.63, 3.8) is 0 Å². The number of nitrogens with zero attached hydrogens (tertiary/aromatic N) is 3. The van der Waals surface area contributed by atoms with Crippen molar-refractivity contribution in [3.05, 3.63) is 59.4 Å². The molecule has 0 spiro atoms. The lowest BCUT2D eigenvalue weighted by molar-refractivity contribution is -0.120. The molecule has 1 fully saturated rings. The van der Waals surface area contributed by atoms with Crippen LogP contribution in [0.1, 0.15) is 31.2 Å². The zero-order chi connectivity index (χ0) is 19.0. The molecule has 3 amide bonds. The number of carbonyl (C=O) groups is 4. The number of piperazine rings is 1. The first-order valence-electron chi connectivity index (χ1n) is 8.22. The third-order valence-corrected chi connectivity index (χ3v) is 4.29. The van der Waals surface area contributed by atoms with Crippen LogP contribution in [0.3, 0.4) is 0 Å². The van der Waals surface area contributed by atoms with E-state index in [1.807, 2.05) is 0 Å². The van der Waals surface area contributed by atoms with Crippen molar-refractivity contribution >= 4 is 29.4 Å². The molecular formula is C18H14N4O5. The van der Waals surface area contributed by atoms with Gasteiger partial charge in [0.2, 0.25) is 5.91 Å². The molecule has 1 aromatic heterocycles. The van der Waals surface area contributed by atoms with Crippen molar-refractivity contribution < 1.29 is 24.0 Å². The molecule has 0 aliphatic carbocycles. The van der Waals surface area contributed by atoms with Crippen LogP contribution in [0.25, 0.3) is 0 Å². The van der Waals surface area contributed by atoms with E-state index in [9.17, 15) is 19.2 Å². The standard InChI is InChI=1S/C18H14N4O5/c23-15-10-21(8-7-20-15)11-5-6-19-14(9-11)18(26)27-22-16(24)12-3-1-2-4-13(12)17(22)25/h1-6,9H,7-8,10H2,(H,20,23). The van der Waals surface area contributed by atoms with E-state index >= 15 is 0 Å². The molecule has 0 bridgehead atoms. The molecule has 4 rings (SSSR count). The molecule has 2 aliphatic rings. The fourth-order valence-electron chi connectivity index (χ4n) is 2.97. The lowest BCUT2D eigenvalue weighted by Gasteiger charge is -2.28. The van der Waals surface area contributed by atoms with Gasteiger partial charge in [0, 0.05) is 25.0 Å². The van der Waals surface area contributed by atoms with Crippen molar-refractivity contribution in [1.29, 1.82) is 0 Å². The number of hydroxylamine groups is 2. The highest BCUT2D eigenvalue weighted by Crippen LogP contribution is 2.23. The molecule has 9 nitrogen and oxygen atoms in total. The molecule has 3 heterocycles. The average molecular weight is 366 g/mol. The molecule has 0 unspecified atom stereocenters. The van der Waals surface area contributed by atoms with Crippen LogP contribution in [0.4, 0.5) is 5.69 Å². The van der Waals surface area contributed by atoms with Gasteiger partial charge in [-0.3, -0.25) is 14.4 Å². The van der Waals surface area contributed by atoms with Gasteiger partial charge in [-0.15, -0.1) is 0 Å². The van der Waals surface area contributed by atoms with Crippen molar-refractivity contribution in [1.82, 2.24) is 15.4 Å². The number of aromatic nitrogens is 1. The summed E-state index contributed by atoms with van der Waals surface area (Å²) in [7, 11) is 0. The second-order valence-corrected chi connectivity index (χ2v) is 6.00. The summed E-state index contributed by atoms with van der Waals surface area (Å²) in [5.41, 5.74) is 0.900. The number of benzene rings is 1. The van der Waals surface area contributed by atoms with Crippen LogP contribution in [-0.2, 0) is 9.63 Å². The maximum atomic E-state index is 12.4. The maximum Gasteiger partial charge on any atom is 0.382 e. The van der Waals surface area contributed by atoms with E-state index in [2.05, 4.69) is 10.3 Å². The molecule has 27 heavy (non-hydrogen) atoms. The minimum atomic E-state index is -0.937. The molecule has 1 aromatic carbocycles. The van der Waals surface area contributed by atoms with Gasteiger partial charge in [0.1, 0.15) is 0 Å². The van der Waals surface area contributed by atoms with Gasteiger partial charge in [-0.2, -0.15) is 0 Å². The van der Waals surface area contributed by atoms with Crippen molar-refractivity contribution in [2.24, 2.45) is 0 Å². The molecule has 1 saturated heterocycles. The SMILES string of the molecule is O=C1CN(c2ccnc(C(=O)ON3C(=O)c4ccccc4C3=O)c2)CCN1. The zero-order valence-electron chi connectivity index (χ0n) is 14.0. The Balaban J connectivity index is 1.53. The van der Waals surface area contributed by atoms with E-state index < -0.39 is 17.8 Å². The summed E-state index contributed by atoms with van der Waals surface area (Å²) in [5.74, 6) is -2.46. The summed E-state index contributed by atoms with van der Waals surface area (Å²) in [6.45, 7) is 1.25. The third-order valence-electron chi connectivity index (χ3n) is 4.29. The molecule has 9 heteroatoms. The highest BCUT2D eigenvalue weighted by atomic mass is 16.7. The molecule has 2 aliphatic heterocycles. The third kappa shape index (κ3) is 2.99. The predicted octanol–water partition coefficient (Wildman–Crippen LogP) is 0.386. The minimum absolute atomic E-state index is 0.0740. The van der Waals surface area contributed by atoms with Gasteiger partial charge in [0.25, 0.3) is 11.8 Å².